The minimum absolute atomic E-state index is 0.165. The topological polar surface area (TPSA) is 51.1 Å². The smallest absolute Gasteiger partial charge is 0.136 e. The average molecular weight is 457 g/mol. The summed E-state index contributed by atoms with van der Waals surface area (Å²) in [4.78, 5) is 18.2. The summed E-state index contributed by atoms with van der Waals surface area (Å²) in [5, 5.41) is 2.36. The first-order valence-corrected chi connectivity index (χ1v) is 13.5. The fourth-order valence-electron chi connectivity index (χ4n) is 4.76. The van der Waals surface area contributed by atoms with Gasteiger partial charge in [0, 0.05) is 30.5 Å². The van der Waals surface area contributed by atoms with E-state index in [2.05, 4.69) is 30.7 Å². The predicted molar refractivity (Wildman–Crippen MR) is 132 cm³/mol. The van der Waals surface area contributed by atoms with E-state index in [0.29, 0.717) is 6.61 Å². The van der Waals surface area contributed by atoms with Crippen molar-refractivity contribution in [2.45, 2.75) is 83.0 Å². The van der Waals surface area contributed by atoms with Crippen molar-refractivity contribution in [3.63, 3.8) is 0 Å². The van der Waals surface area contributed by atoms with Gasteiger partial charge in [-0.3, -0.25) is 0 Å². The van der Waals surface area contributed by atoms with Crippen LogP contribution in [-0.2, 0) is 17.8 Å². The Hall–Kier alpha value is -1.44. The van der Waals surface area contributed by atoms with Gasteiger partial charge in [-0.1, -0.05) is 26.2 Å². The van der Waals surface area contributed by atoms with Crippen LogP contribution in [0.2, 0.25) is 0 Å². The van der Waals surface area contributed by atoms with Crippen LogP contribution in [0.3, 0.4) is 0 Å². The zero-order valence-corrected chi connectivity index (χ0v) is 20.5. The molecule has 2 aliphatic heterocycles. The molecule has 0 spiro atoms. The Balaban J connectivity index is 1.60. The van der Waals surface area contributed by atoms with E-state index in [1.54, 1.807) is 17.7 Å². The number of unbranched alkanes of at least 4 members (excludes halogenated alkanes) is 3. The summed E-state index contributed by atoms with van der Waals surface area (Å²) >= 11 is 3.66. The molecule has 3 aromatic rings. The Morgan fingerprint density at radius 1 is 1.13 bits per heavy atom. The summed E-state index contributed by atoms with van der Waals surface area (Å²) in [6, 6.07) is 0. The highest BCUT2D eigenvalue weighted by atomic mass is 32.2. The summed E-state index contributed by atoms with van der Waals surface area (Å²) in [6.45, 7) is 9.47. The second-order valence-corrected chi connectivity index (χ2v) is 11.4. The number of fused-ring (bicyclic) bond motifs is 5. The van der Waals surface area contributed by atoms with Crippen molar-refractivity contribution < 1.29 is 4.74 Å². The molecule has 0 saturated carbocycles. The molecule has 5 nitrogen and oxygen atoms in total. The molecule has 0 N–H and O–H groups in total. The van der Waals surface area contributed by atoms with Crippen LogP contribution >= 0.6 is 23.1 Å². The lowest BCUT2D eigenvalue weighted by atomic mass is 9.90. The van der Waals surface area contributed by atoms with E-state index in [4.69, 9.17) is 14.7 Å². The fourth-order valence-corrected chi connectivity index (χ4v) is 6.99. The van der Waals surface area contributed by atoms with Gasteiger partial charge in [0.1, 0.15) is 22.0 Å². The van der Waals surface area contributed by atoms with Gasteiger partial charge in [0.2, 0.25) is 0 Å². The molecular weight excluding hydrogens is 424 g/mol. The number of pyridine rings is 1. The largest absolute Gasteiger partial charge is 0.370 e. The van der Waals surface area contributed by atoms with Crippen LogP contribution in [0.5, 0.6) is 0 Å². The lowest BCUT2D eigenvalue weighted by Crippen LogP contribution is -2.33. The minimum atomic E-state index is -0.165. The summed E-state index contributed by atoms with van der Waals surface area (Å²) in [7, 11) is 0. The number of thiophene rings is 1. The zero-order chi connectivity index (χ0) is 21.4. The van der Waals surface area contributed by atoms with Gasteiger partial charge in [-0.15, -0.1) is 23.1 Å². The van der Waals surface area contributed by atoms with Gasteiger partial charge in [-0.25, -0.2) is 15.0 Å². The Morgan fingerprint density at radius 2 is 1.97 bits per heavy atom. The van der Waals surface area contributed by atoms with Crippen LogP contribution in [0.4, 0.5) is 5.82 Å². The van der Waals surface area contributed by atoms with E-state index in [9.17, 15) is 0 Å². The highest BCUT2D eigenvalue weighted by molar-refractivity contribution is 7.99. The molecule has 0 aromatic carbocycles. The van der Waals surface area contributed by atoms with Crippen molar-refractivity contribution in [1.29, 1.82) is 0 Å². The molecule has 31 heavy (non-hydrogen) atoms. The predicted octanol–water partition coefficient (Wildman–Crippen LogP) is 6.36. The molecule has 0 amide bonds. The summed E-state index contributed by atoms with van der Waals surface area (Å²) in [5.41, 5.74) is 3.59. The van der Waals surface area contributed by atoms with Crippen LogP contribution in [0, 0.1) is 0 Å². The number of hydrogen-bond acceptors (Lipinski definition) is 7. The van der Waals surface area contributed by atoms with Crippen LogP contribution in [-0.4, -0.2) is 39.4 Å². The molecule has 5 rings (SSSR count). The first kappa shape index (κ1) is 21.4. The minimum Gasteiger partial charge on any atom is -0.370 e. The van der Waals surface area contributed by atoms with Crippen molar-refractivity contribution >= 4 is 49.3 Å². The maximum absolute atomic E-state index is 6.24. The van der Waals surface area contributed by atoms with Crippen molar-refractivity contribution in [3.05, 3.63) is 17.5 Å². The summed E-state index contributed by atoms with van der Waals surface area (Å²) in [6.07, 6.45) is 10.3. The molecule has 0 atom stereocenters. The van der Waals surface area contributed by atoms with Gasteiger partial charge in [0.05, 0.1) is 22.4 Å². The van der Waals surface area contributed by atoms with Crippen LogP contribution < -0.4 is 4.90 Å². The average Bonchev–Trinajstić information content (AvgIpc) is 3.40. The molecule has 0 aliphatic carbocycles. The van der Waals surface area contributed by atoms with Crippen LogP contribution in [0.1, 0.15) is 70.4 Å². The SMILES string of the molecule is CCCCCCSc1ncnc2c1sc1nc(N3CCCC3)c3c(c12)CC(C)(C)OC3. The fraction of sp³-hybridized carbons (Fsp3) is 0.625. The normalized spacial score (nSPS) is 18.2. The molecule has 1 saturated heterocycles. The first-order chi connectivity index (χ1) is 15.1. The third-order valence-corrected chi connectivity index (χ3v) is 8.70. The van der Waals surface area contributed by atoms with Crippen LogP contribution in [0.25, 0.3) is 20.4 Å². The molecule has 7 heteroatoms. The maximum atomic E-state index is 6.24. The lowest BCUT2D eigenvalue weighted by Gasteiger charge is -2.34. The highest BCUT2D eigenvalue weighted by Gasteiger charge is 2.33. The second kappa shape index (κ2) is 8.83. The monoisotopic (exact) mass is 456 g/mol. The van der Waals surface area contributed by atoms with Gasteiger partial charge in [-0.2, -0.15) is 0 Å². The van der Waals surface area contributed by atoms with E-state index in [-0.39, 0.29) is 5.60 Å². The van der Waals surface area contributed by atoms with E-state index < -0.39 is 0 Å². The quantitative estimate of drug-likeness (QED) is 0.234. The molecule has 0 radical (unpaired) electrons. The molecule has 5 heterocycles. The number of nitrogens with zero attached hydrogens (tertiary/aromatic N) is 4. The number of ether oxygens (including phenoxy) is 1. The first-order valence-electron chi connectivity index (χ1n) is 11.7. The molecule has 166 valence electrons. The van der Waals surface area contributed by atoms with Gasteiger partial charge in [0.15, 0.2) is 0 Å². The summed E-state index contributed by atoms with van der Waals surface area (Å²) in [5.74, 6) is 2.26. The molecular formula is C24H32N4OS2. The number of rotatable bonds is 7. The van der Waals surface area contributed by atoms with Crippen molar-refractivity contribution in [2.75, 3.05) is 23.7 Å². The van der Waals surface area contributed by atoms with E-state index >= 15 is 0 Å². The zero-order valence-electron chi connectivity index (χ0n) is 18.9. The third kappa shape index (κ3) is 4.16. The van der Waals surface area contributed by atoms with Gasteiger partial charge in [0.25, 0.3) is 0 Å². The second-order valence-electron chi connectivity index (χ2n) is 9.36. The molecule has 0 unspecified atom stereocenters. The van der Waals surface area contributed by atoms with Crippen molar-refractivity contribution in [2.24, 2.45) is 0 Å². The van der Waals surface area contributed by atoms with E-state index in [1.807, 2.05) is 11.8 Å². The molecule has 3 aromatic heterocycles. The van der Waals surface area contributed by atoms with Gasteiger partial charge >= 0.3 is 0 Å². The van der Waals surface area contributed by atoms with E-state index in [0.717, 1.165) is 46.5 Å². The molecule has 2 aliphatic rings. The Bertz CT molecular complexity index is 1090. The third-order valence-electron chi connectivity index (χ3n) is 6.42. The van der Waals surface area contributed by atoms with E-state index in [1.165, 1.54) is 59.7 Å². The Morgan fingerprint density at radius 3 is 2.77 bits per heavy atom. The van der Waals surface area contributed by atoms with Crippen molar-refractivity contribution in [1.82, 2.24) is 15.0 Å². The maximum Gasteiger partial charge on any atom is 0.136 e. The van der Waals surface area contributed by atoms with Crippen molar-refractivity contribution in [3.8, 4) is 0 Å². The Labute approximate surface area is 193 Å². The number of aromatic nitrogens is 3. The summed E-state index contributed by atoms with van der Waals surface area (Å²) < 4.78 is 7.44. The van der Waals surface area contributed by atoms with Gasteiger partial charge in [-0.05, 0) is 44.4 Å². The standard InChI is InChI=1S/C24H32N4OS2/c1-4-5-6-9-12-30-23-20-19(25-15-26-23)18-16-13-24(2,3)29-14-17(16)21(27-22(18)31-20)28-10-7-8-11-28/h15H,4-14H2,1-3H3. The Kier molecular flexibility index (Phi) is 6.10. The van der Waals surface area contributed by atoms with Gasteiger partial charge < -0.3 is 9.64 Å². The van der Waals surface area contributed by atoms with Crippen LogP contribution in [0.15, 0.2) is 11.4 Å². The molecule has 0 bridgehead atoms. The number of hydrogen-bond donors (Lipinski definition) is 0. The molecule has 1 fully saturated rings. The number of thioether (sulfide) groups is 1. The highest BCUT2D eigenvalue weighted by Crippen LogP contribution is 2.44. The lowest BCUT2D eigenvalue weighted by molar-refractivity contribution is -0.0395. The number of anilines is 1.